The molecule has 0 N–H and O–H groups in total. The van der Waals surface area contributed by atoms with E-state index < -0.39 is 0 Å². The van der Waals surface area contributed by atoms with Gasteiger partial charge in [-0.3, -0.25) is 0 Å². The smallest absolute Gasteiger partial charge is 0.0435 e. The second kappa shape index (κ2) is 6.80. The maximum absolute atomic E-state index is 5.71. The van der Waals surface area contributed by atoms with E-state index in [-0.39, 0.29) is 0 Å². The molecule has 0 saturated heterocycles. The van der Waals surface area contributed by atoms with Crippen LogP contribution in [0.4, 0.5) is 0 Å². The minimum Gasteiger partial charge on any atom is -0.0843 e. The lowest BCUT2D eigenvalue weighted by Crippen LogP contribution is -1.68. The van der Waals surface area contributed by atoms with E-state index in [1.807, 2.05) is 31.2 Å². The fourth-order valence-corrected chi connectivity index (χ4v) is 1.37. The van der Waals surface area contributed by atoms with Crippen LogP contribution in [-0.4, -0.2) is 0 Å². The number of benzene rings is 2. The van der Waals surface area contributed by atoms with E-state index in [0.29, 0.717) is 0 Å². The lowest BCUT2D eigenvalue weighted by atomic mass is 10.2. The summed E-state index contributed by atoms with van der Waals surface area (Å²) in [7, 11) is 0. The van der Waals surface area contributed by atoms with Crippen molar-refractivity contribution in [2.24, 2.45) is 0 Å². The molecule has 0 aromatic heterocycles. The average Bonchev–Trinajstić information content (AvgIpc) is 2.28. The topological polar surface area (TPSA) is 0 Å². The van der Waals surface area contributed by atoms with Crippen molar-refractivity contribution >= 4 is 34.8 Å². The second-order valence-electron chi connectivity index (χ2n) is 3.19. The van der Waals surface area contributed by atoms with Gasteiger partial charge in [0.2, 0.25) is 0 Å². The summed E-state index contributed by atoms with van der Waals surface area (Å²) in [4.78, 5) is 0. The molecule has 0 heterocycles. The molecule has 0 bridgehead atoms. The maximum Gasteiger partial charge on any atom is 0.0435 e. The molecule has 0 unspecified atom stereocenters. The highest BCUT2D eigenvalue weighted by Crippen LogP contribution is 2.12. The van der Waals surface area contributed by atoms with Crippen LogP contribution in [0, 0.1) is 6.92 Å². The van der Waals surface area contributed by atoms with Crippen LogP contribution >= 0.6 is 34.8 Å². The zero-order chi connectivity index (χ0) is 12.0. The highest BCUT2D eigenvalue weighted by molar-refractivity contribution is 6.32. The Kier molecular flexibility index (Phi) is 5.68. The number of rotatable bonds is 0. The highest BCUT2D eigenvalue weighted by atomic mass is 35.5. The Morgan fingerprint density at radius 1 is 0.688 bits per heavy atom. The predicted octanol–water partition coefficient (Wildman–Crippen LogP) is 5.64. The fourth-order valence-electron chi connectivity index (χ4n) is 0.981. The van der Waals surface area contributed by atoms with Gasteiger partial charge in [0, 0.05) is 15.1 Å². The van der Waals surface area contributed by atoms with Crippen molar-refractivity contribution in [2.75, 3.05) is 0 Å². The molecule has 0 spiro atoms. The van der Waals surface area contributed by atoms with Crippen LogP contribution in [0.2, 0.25) is 15.1 Å². The summed E-state index contributed by atoms with van der Waals surface area (Å²) in [6.45, 7) is 1.99. The van der Waals surface area contributed by atoms with E-state index in [2.05, 4.69) is 0 Å². The van der Waals surface area contributed by atoms with E-state index in [4.69, 9.17) is 34.8 Å². The lowest BCUT2D eigenvalue weighted by molar-refractivity contribution is 1.47. The molecular formula is C13H11Cl3. The van der Waals surface area contributed by atoms with Gasteiger partial charge in [-0.15, -0.1) is 0 Å². The minimum absolute atomic E-state index is 0.717. The Hall–Kier alpha value is -0.690. The first-order valence-electron chi connectivity index (χ1n) is 4.72. The first-order valence-corrected chi connectivity index (χ1v) is 5.85. The van der Waals surface area contributed by atoms with Gasteiger partial charge in [-0.05, 0) is 42.8 Å². The van der Waals surface area contributed by atoms with Gasteiger partial charge in [0.15, 0.2) is 0 Å². The summed E-state index contributed by atoms with van der Waals surface area (Å²) in [6, 6.07) is 14.8. The van der Waals surface area contributed by atoms with Crippen molar-refractivity contribution in [2.45, 2.75) is 6.92 Å². The molecule has 16 heavy (non-hydrogen) atoms. The fraction of sp³-hybridized carbons (Fsp3) is 0.0769. The third kappa shape index (κ3) is 4.89. The van der Waals surface area contributed by atoms with E-state index in [1.54, 1.807) is 24.3 Å². The Labute approximate surface area is 111 Å². The molecule has 0 aliphatic rings. The molecule has 2 aromatic carbocycles. The van der Waals surface area contributed by atoms with Gasteiger partial charge >= 0.3 is 0 Å². The Morgan fingerprint density at radius 2 is 1.12 bits per heavy atom. The van der Waals surface area contributed by atoms with Gasteiger partial charge < -0.3 is 0 Å². The van der Waals surface area contributed by atoms with Gasteiger partial charge in [-0.1, -0.05) is 53.0 Å². The molecule has 0 aliphatic heterocycles. The van der Waals surface area contributed by atoms with E-state index in [9.17, 15) is 0 Å². The zero-order valence-corrected chi connectivity index (χ0v) is 11.0. The molecule has 0 amide bonds. The summed E-state index contributed by atoms with van der Waals surface area (Å²) >= 11 is 16.8. The average molecular weight is 274 g/mol. The van der Waals surface area contributed by atoms with Crippen LogP contribution < -0.4 is 0 Å². The first kappa shape index (κ1) is 13.4. The largest absolute Gasteiger partial charge is 0.0843 e. The van der Waals surface area contributed by atoms with E-state index in [1.165, 1.54) is 0 Å². The Bertz CT molecular complexity index is 393. The number of halogens is 3. The van der Waals surface area contributed by atoms with Gasteiger partial charge in [-0.25, -0.2) is 0 Å². The van der Waals surface area contributed by atoms with Gasteiger partial charge in [0.05, 0.1) is 0 Å². The quantitative estimate of drug-likeness (QED) is 0.582. The molecule has 0 atom stereocenters. The van der Waals surface area contributed by atoms with Crippen molar-refractivity contribution in [1.29, 1.82) is 0 Å². The molecule has 0 aliphatic carbocycles. The summed E-state index contributed by atoms with van der Waals surface area (Å²) in [5.41, 5.74) is 1.13. The Morgan fingerprint density at radius 3 is 1.44 bits per heavy atom. The third-order valence-electron chi connectivity index (χ3n) is 1.88. The van der Waals surface area contributed by atoms with Crippen molar-refractivity contribution in [3.63, 3.8) is 0 Å². The van der Waals surface area contributed by atoms with Crippen LogP contribution in [0.1, 0.15) is 5.56 Å². The molecule has 2 aromatic rings. The molecule has 0 radical (unpaired) electrons. The van der Waals surface area contributed by atoms with E-state index in [0.717, 1.165) is 20.6 Å². The molecule has 84 valence electrons. The number of aryl methyl sites for hydroxylation is 1. The van der Waals surface area contributed by atoms with Gasteiger partial charge in [-0.2, -0.15) is 0 Å². The Balaban J connectivity index is 0.000000160. The monoisotopic (exact) mass is 272 g/mol. The van der Waals surface area contributed by atoms with Crippen molar-refractivity contribution < 1.29 is 0 Å². The SMILES string of the molecule is Cc1ccccc1Cl.Clc1ccc(Cl)cc1. The van der Waals surface area contributed by atoms with Crippen molar-refractivity contribution in [3.05, 3.63) is 69.2 Å². The molecule has 0 nitrogen and oxygen atoms in total. The summed E-state index contributed by atoms with van der Waals surface area (Å²) < 4.78 is 0. The lowest BCUT2D eigenvalue weighted by Gasteiger charge is -1.90. The predicted molar refractivity (Wildman–Crippen MR) is 72.7 cm³/mol. The molecule has 2 rings (SSSR count). The van der Waals surface area contributed by atoms with Crippen LogP contribution in [0.5, 0.6) is 0 Å². The van der Waals surface area contributed by atoms with Crippen LogP contribution in [0.25, 0.3) is 0 Å². The number of hydrogen-bond donors (Lipinski definition) is 0. The number of hydrogen-bond acceptors (Lipinski definition) is 0. The maximum atomic E-state index is 5.71. The van der Waals surface area contributed by atoms with Gasteiger partial charge in [0.1, 0.15) is 0 Å². The summed E-state index contributed by atoms with van der Waals surface area (Å²) in [5, 5.41) is 2.27. The van der Waals surface area contributed by atoms with Crippen LogP contribution in [0.15, 0.2) is 48.5 Å². The van der Waals surface area contributed by atoms with Crippen molar-refractivity contribution in [3.8, 4) is 0 Å². The molecule has 0 fully saturated rings. The zero-order valence-electron chi connectivity index (χ0n) is 8.75. The van der Waals surface area contributed by atoms with Crippen LogP contribution in [0.3, 0.4) is 0 Å². The summed E-state index contributed by atoms with van der Waals surface area (Å²) in [5.74, 6) is 0. The van der Waals surface area contributed by atoms with E-state index >= 15 is 0 Å². The normalized spacial score (nSPS) is 9.25. The third-order valence-corrected chi connectivity index (χ3v) is 2.81. The molecular weight excluding hydrogens is 263 g/mol. The summed E-state index contributed by atoms with van der Waals surface area (Å²) in [6.07, 6.45) is 0. The highest BCUT2D eigenvalue weighted by Gasteiger charge is 1.86. The second-order valence-corrected chi connectivity index (χ2v) is 4.47. The first-order chi connectivity index (χ1) is 7.59. The van der Waals surface area contributed by atoms with Gasteiger partial charge in [0.25, 0.3) is 0 Å². The van der Waals surface area contributed by atoms with Crippen LogP contribution in [-0.2, 0) is 0 Å². The standard InChI is InChI=1S/C7H7Cl.C6H4Cl2/c1-6-4-2-3-5-7(6)8;7-5-1-2-6(8)4-3-5/h2-5H,1H3;1-4H. The molecule has 0 saturated carbocycles. The van der Waals surface area contributed by atoms with Crippen molar-refractivity contribution in [1.82, 2.24) is 0 Å². The minimum atomic E-state index is 0.717. The molecule has 3 heteroatoms.